The minimum atomic E-state index is -1.57. The molecule has 0 saturated heterocycles. The average Bonchev–Trinajstić information content (AvgIpc) is 3.62. The van der Waals surface area contributed by atoms with Gasteiger partial charge in [0.05, 0.1) is 18.5 Å². The number of aliphatic hydroxyl groups is 1. The number of benzene rings is 2. The van der Waals surface area contributed by atoms with Gasteiger partial charge in [0.25, 0.3) is 5.89 Å². The van der Waals surface area contributed by atoms with Gasteiger partial charge >= 0.3 is 6.09 Å². The second kappa shape index (κ2) is 12.0. The number of pyridine rings is 1. The van der Waals surface area contributed by atoms with Crippen LogP contribution in [0.1, 0.15) is 37.4 Å². The number of aromatic nitrogens is 3. The molecule has 4 N–H and O–H groups in total. The zero-order valence-electron chi connectivity index (χ0n) is 22.0. The Morgan fingerprint density at radius 1 is 1.20 bits per heavy atom. The molecule has 40 heavy (non-hydrogen) atoms. The Hall–Kier alpha value is -4.68. The lowest BCUT2D eigenvalue weighted by Crippen LogP contribution is -2.25. The molecule has 12 nitrogen and oxygen atoms in total. The monoisotopic (exact) mass is 562 g/mol. The van der Waals surface area contributed by atoms with Gasteiger partial charge in [0.1, 0.15) is 6.34 Å². The van der Waals surface area contributed by atoms with Crippen molar-refractivity contribution in [3.63, 3.8) is 0 Å². The van der Waals surface area contributed by atoms with Crippen LogP contribution in [0.4, 0.5) is 16.2 Å². The molecular formula is C27H27ClN8O4. The number of amides is 1. The summed E-state index contributed by atoms with van der Waals surface area (Å²) in [4.78, 5) is 15.9. The number of hydrogen-bond donors (Lipinski definition) is 4. The fourth-order valence-electron chi connectivity index (χ4n) is 4.33. The van der Waals surface area contributed by atoms with Crippen LogP contribution in [-0.2, 0) is 16.8 Å². The van der Waals surface area contributed by atoms with E-state index < -0.39 is 11.7 Å². The minimum Gasteiger partial charge on any atom is -0.453 e. The number of aryl methyl sites for hydroxylation is 1. The molecule has 2 aromatic carbocycles. The number of anilines is 2. The molecule has 1 atom stereocenters. The summed E-state index contributed by atoms with van der Waals surface area (Å²) in [5.41, 5.74) is 9.94. The number of halogens is 1. The van der Waals surface area contributed by atoms with Gasteiger partial charge in [0.2, 0.25) is 5.89 Å². The van der Waals surface area contributed by atoms with Gasteiger partial charge in [0, 0.05) is 33.6 Å². The molecule has 1 aliphatic carbocycles. The predicted molar refractivity (Wildman–Crippen MR) is 150 cm³/mol. The summed E-state index contributed by atoms with van der Waals surface area (Å²) in [6.45, 7) is 4.00. The van der Waals surface area contributed by atoms with E-state index in [4.69, 9.17) is 27.0 Å². The summed E-state index contributed by atoms with van der Waals surface area (Å²) in [5, 5.41) is 34.8. The fraction of sp³-hybridized carbons (Fsp3) is 0.222. The summed E-state index contributed by atoms with van der Waals surface area (Å²) >= 11 is 6.23. The molecule has 1 unspecified atom stereocenters. The highest BCUT2D eigenvalue weighted by Crippen LogP contribution is 2.43. The average molecular weight is 563 g/mol. The summed E-state index contributed by atoms with van der Waals surface area (Å²) in [5.74, 6) is 0.229. The molecule has 0 fully saturated rings. The fourth-order valence-corrected chi connectivity index (χ4v) is 4.50. The van der Waals surface area contributed by atoms with Crippen LogP contribution in [0.2, 0.25) is 5.02 Å². The van der Waals surface area contributed by atoms with E-state index in [0.717, 1.165) is 16.9 Å². The zero-order chi connectivity index (χ0) is 28.9. The quantitative estimate of drug-likeness (QED) is 0.0891. The number of ether oxygens (including phenoxy) is 1. The lowest BCUT2D eigenvalue weighted by molar-refractivity contribution is 0.0496. The van der Waals surface area contributed by atoms with Crippen LogP contribution in [0.25, 0.3) is 22.6 Å². The zero-order valence-corrected chi connectivity index (χ0v) is 22.7. The van der Waals surface area contributed by atoms with Gasteiger partial charge in [0.15, 0.2) is 5.60 Å². The number of carbonyl (C=O) groups is 1. The minimum absolute atomic E-state index is 0.0229. The maximum absolute atomic E-state index is 11.6. The molecule has 0 aliphatic heterocycles. The van der Waals surface area contributed by atoms with Crippen molar-refractivity contribution < 1.29 is 19.1 Å². The van der Waals surface area contributed by atoms with Crippen molar-refractivity contribution in [2.24, 2.45) is 5.22 Å². The number of fused-ring (bicyclic) bond motifs is 1. The van der Waals surface area contributed by atoms with Crippen LogP contribution < -0.4 is 10.3 Å². The van der Waals surface area contributed by atoms with E-state index in [1.54, 1.807) is 48.7 Å². The Balaban J connectivity index is 0.00000181. The van der Waals surface area contributed by atoms with Gasteiger partial charge in [-0.3, -0.25) is 15.7 Å². The van der Waals surface area contributed by atoms with Crippen LogP contribution in [0.15, 0.2) is 64.4 Å². The van der Waals surface area contributed by atoms with Crippen LogP contribution >= 0.6 is 11.6 Å². The molecule has 4 aromatic rings. The van der Waals surface area contributed by atoms with E-state index in [-0.39, 0.29) is 11.8 Å². The first-order chi connectivity index (χ1) is 19.4. The molecule has 0 saturated carbocycles. The molecule has 13 heteroatoms. The number of hydrogen-bond acceptors (Lipinski definition) is 10. The Kier molecular flexibility index (Phi) is 8.51. The van der Waals surface area contributed by atoms with E-state index >= 15 is 0 Å². The van der Waals surface area contributed by atoms with Gasteiger partial charge in [-0.05, 0) is 66.9 Å². The van der Waals surface area contributed by atoms with Gasteiger partial charge in [-0.25, -0.2) is 9.80 Å². The Morgan fingerprint density at radius 2 is 1.95 bits per heavy atom. The largest absolute Gasteiger partial charge is 0.453 e. The second-order valence-corrected chi connectivity index (χ2v) is 8.87. The van der Waals surface area contributed by atoms with Crippen molar-refractivity contribution in [2.75, 3.05) is 17.4 Å². The Labute approximate surface area is 235 Å². The smallest absolute Gasteiger partial charge is 0.411 e. The van der Waals surface area contributed by atoms with Crippen LogP contribution in [0.3, 0.4) is 0 Å². The first kappa shape index (κ1) is 28.3. The third kappa shape index (κ3) is 5.40. The summed E-state index contributed by atoms with van der Waals surface area (Å²) in [6, 6.07) is 13.6. The first-order valence-electron chi connectivity index (χ1n) is 12.3. The highest BCUT2D eigenvalue weighted by molar-refractivity contribution is 6.31. The maximum Gasteiger partial charge on any atom is 0.411 e. The molecule has 1 aliphatic rings. The van der Waals surface area contributed by atoms with Gasteiger partial charge in [-0.1, -0.05) is 30.7 Å². The van der Waals surface area contributed by atoms with Crippen molar-refractivity contribution in [3.8, 4) is 22.6 Å². The van der Waals surface area contributed by atoms with Gasteiger partial charge in [-0.2, -0.15) is 5.53 Å². The van der Waals surface area contributed by atoms with Gasteiger partial charge in [-0.15, -0.1) is 10.2 Å². The molecule has 0 spiro atoms. The number of methoxy groups -OCH3 is 1. The number of nitrogens with zero attached hydrogens (tertiary/aromatic N) is 5. The lowest BCUT2D eigenvalue weighted by atomic mass is 9.99. The van der Waals surface area contributed by atoms with Crippen molar-refractivity contribution >= 4 is 35.4 Å². The molecule has 1 amide bonds. The standard InChI is InChI=1S/C25H21ClN8O4.C2H6/c1-37-24(35)30-18-5-2-14(3-6-18)22-31-32-23(38-22)25(36)9-8-15-10-16(12-29-21(15)25)19-11-17(26)4-7-20(19)34(13-27)33-28;1-2/h2-7,10-13,27-28,36H,8-9H2,1H3,(H,30,35);1-2H3. The van der Waals surface area contributed by atoms with Crippen LogP contribution in [0, 0.1) is 10.9 Å². The van der Waals surface area contributed by atoms with E-state index in [0.29, 0.717) is 51.6 Å². The van der Waals surface area contributed by atoms with E-state index in [1.165, 1.54) is 7.11 Å². The first-order valence-corrected chi connectivity index (χ1v) is 12.7. The molecule has 2 aromatic heterocycles. The van der Waals surface area contributed by atoms with E-state index in [2.05, 4.69) is 30.5 Å². The number of rotatable bonds is 7. The summed E-state index contributed by atoms with van der Waals surface area (Å²) < 4.78 is 10.4. The van der Waals surface area contributed by atoms with Crippen LogP contribution in [0.5, 0.6) is 0 Å². The third-order valence-electron chi connectivity index (χ3n) is 6.20. The van der Waals surface area contributed by atoms with Gasteiger partial charge < -0.3 is 14.3 Å². The number of carbonyl (C=O) groups excluding carboxylic acids is 1. The van der Waals surface area contributed by atoms with Crippen molar-refractivity contribution in [1.82, 2.24) is 15.2 Å². The molecule has 5 rings (SSSR count). The molecular weight excluding hydrogens is 536 g/mol. The topological polar surface area (TPSA) is 174 Å². The normalized spacial score (nSPS) is 15.3. The summed E-state index contributed by atoms with van der Waals surface area (Å²) in [7, 11) is 1.28. The van der Waals surface area contributed by atoms with Crippen LogP contribution in [-0.4, -0.2) is 39.8 Å². The molecule has 2 heterocycles. The molecule has 0 bridgehead atoms. The van der Waals surface area contributed by atoms with Crippen molar-refractivity contribution in [3.05, 3.63) is 76.9 Å². The summed E-state index contributed by atoms with van der Waals surface area (Å²) in [6.07, 6.45) is 2.72. The second-order valence-electron chi connectivity index (χ2n) is 8.43. The Bertz CT molecular complexity index is 1530. The van der Waals surface area contributed by atoms with E-state index in [1.807, 2.05) is 19.9 Å². The van der Waals surface area contributed by atoms with E-state index in [9.17, 15) is 9.90 Å². The Morgan fingerprint density at radius 3 is 2.62 bits per heavy atom. The SMILES string of the molecule is CC.COC(=O)Nc1ccc(-c2nnc(C3(O)CCc4cc(-c5cc(Cl)ccc5N(C=N)N=N)cnc43)o2)cc1. The van der Waals surface area contributed by atoms with Crippen molar-refractivity contribution in [1.29, 1.82) is 10.9 Å². The maximum atomic E-state index is 11.6. The molecule has 206 valence electrons. The highest BCUT2D eigenvalue weighted by atomic mass is 35.5. The third-order valence-corrected chi connectivity index (χ3v) is 6.44. The highest BCUT2D eigenvalue weighted by Gasteiger charge is 2.45. The predicted octanol–water partition coefficient (Wildman–Crippen LogP) is 6.20. The number of nitrogens with one attached hydrogen (secondary N) is 3. The molecule has 0 radical (unpaired) electrons. The lowest BCUT2D eigenvalue weighted by Gasteiger charge is -2.19. The van der Waals surface area contributed by atoms with Crippen molar-refractivity contribution in [2.45, 2.75) is 32.3 Å².